The largest absolute Gasteiger partial charge is 0.497 e. The minimum Gasteiger partial charge on any atom is -0.497 e. The summed E-state index contributed by atoms with van der Waals surface area (Å²) in [5.41, 5.74) is 0.856. The summed E-state index contributed by atoms with van der Waals surface area (Å²) in [6.45, 7) is 0.0619. The molecule has 0 aliphatic carbocycles. The van der Waals surface area contributed by atoms with Crippen molar-refractivity contribution in [2.24, 2.45) is 0 Å². The number of halogens is 1. The van der Waals surface area contributed by atoms with Crippen LogP contribution in [0, 0.1) is 0 Å². The number of benzene rings is 2. The Balaban J connectivity index is 1.77. The maximum atomic E-state index is 12.9. The molecule has 1 amide bonds. The molecule has 150 valence electrons. The summed E-state index contributed by atoms with van der Waals surface area (Å²) in [7, 11) is -1.56. The van der Waals surface area contributed by atoms with Crippen molar-refractivity contribution in [1.82, 2.24) is 4.90 Å². The van der Waals surface area contributed by atoms with Crippen molar-refractivity contribution >= 4 is 27.3 Å². The van der Waals surface area contributed by atoms with E-state index in [0.717, 1.165) is 5.56 Å². The second-order valence-corrected chi connectivity index (χ2v) is 9.29. The van der Waals surface area contributed by atoms with Crippen molar-refractivity contribution in [3.8, 4) is 11.5 Å². The van der Waals surface area contributed by atoms with E-state index >= 15 is 0 Å². The number of carbonyl (C=O) groups excluding carboxylic acids is 1. The second-order valence-electron chi connectivity index (χ2n) is 6.65. The second kappa shape index (κ2) is 8.84. The van der Waals surface area contributed by atoms with Crippen molar-refractivity contribution in [3.63, 3.8) is 0 Å². The fraction of sp³-hybridized carbons (Fsp3) is 0.350. The van der Waals surface area contributed by atoms with E-state index in [4.69, 9.17) is 21.1 Å². The number of nitrogens with zero attached hydrogens (tertiary/aromatic N) is 1. The predicted octanol–water partition coefficient (Wildman–Crippen LogP) is 2.94. The molecule has 0 spiro atoms. The van der Waals surface area contributed by atoms with Crippen molar-refractivity contribution in [1.29, 1.82) is 0 Å². The first kappa shape index (κ1) is 20.5. The molecule has 0 aromatic heterocycles. The molecule has 0 radical (unpaired) electrons. The molecule has 1 heterocycles. The lowest BCUT2D eigenvalue weighted by Gasteiger charge is -2.28. The van der Waals surface area contributed by atoms with E-state index in [1.54, 1.807) is 36.3 Å². The number of hydrogen-bond acceptors (Lipinski definition) is 5. The summed E-state index contributed by atoms with van der Waals surface area (Å²) in [4.78, 5) is 14.5. The van der Waals surface area contributed by atoms with E-state index in [0.29, 0.717) is 22.9 Å². The van der Waals surface area contributed by atoms with E-state index in [9.17, 15) is 13.2 Å². The molecule has 2 aromatic rings. The predicted molar refractivity (Wildman–Crippen MR) is 108 cm³/mol. The van der Waals surface area contributed by atoms with Gasteiger partial charge in [-0.25, -0.2) is 8.42 Å². The Hall–Kier alpha value is -2.25. The van der Waals surface area contributed by atoms with E-state index in [2.05, 4.69) is 0 Å². The smallest absolute Gasteiger partial charge is 0.261 e. The van der Waals surface area contributed by atoms with Gasteiger partial charge < -0.3 is 14.4 Å². The number of rotatable bonds is 7. The summed E-state index contributed by atoms with van der Waals surface area (Å²) in [6, 6.07) is 13.9. The van der Waals surface area contributed by atoms with E-state index in [-0.39, 0.29) is 36.6 Å². The first-order chi connectivity index (χ1) is 13.4. The topological polar surface area (TPSA) is 72.9 Å². The average Bonchev–Trinajstić information content (AvgIpc) is 3.05. The van der Waals surface area contributed by atoms with Crippen molar-refractivity contribution in [3.05, 3.63) is 59.1 Å². The Bertz CT molecular complexity index is 947. The van der Waals surface area contributed by atoms with Gasteiger partial charge in [0.15, 0.2) is 16.4 Å². The fourth-order valence-electron chi connectivity index (χ4n) is 3.19. The normalized spacial score (nSPS) is 17.9. The monoisotopic (exact) mass is 423 g/mol. The molecule has 0 bridgehead atoms. The summed E-state index contributed by atoms with van der Waals surface area (Å²) in [5, 5.41) is 0.415. The number of amides is 1. The van der Waals surface area contributed by atoms with Gasteiger partial charge in [0.05, 0.1) is 23.6 Å². The highest BCUT2D eigenvalue weighted by Gasteiger charge is 2.34. The molecule has 3 rings (SSSR count). The van der Waals surface area contributed by atoms with Crippen LogP contribution >= 0.6 is 11.6 Å². The zero-order chi connectivity index (χ0) is 20.1. The maximum absolute atomic E-state index is 12.9. The van der Waals surface area contributed by atoms with Crippen molar-refractivity contribution in [2.75, 3.05) is 25.2 Å². The minimum atomic E-state index is -3.13. The Kier molecular flexibility index (Phi) is 6.46. The molecule has 28 heavy (non-hydrogen) atoms. The van der Waals surface area contributed by atoms with Crippen LogP contribution < -0.4 is 9.47 Å². The van der Waals surface area contributed by atoms with Crippen LogP contribution in [0.2, 0.25) is 5.02 Å². The molecule has 8 heteroatoms. The summed E-state index contributed by atoms with van der Waals surface area (Å²) < 4.78 is 34.7. The zero-order valence-electron chi connectivity index (χ0n) is 15.5. The molecule has 1 unspecified atom stereocenters. The van der Waals surface area contributed by atoms with Gasteiger partial charge in [-0.05, 0) is 36.2 Å². The van der Waals surface area contributed by atoms with E-state index in [1.807, 2.05) is 24.3 Å². The number of methoxy groups -OCH3 is 1. The molecule has 1 atom stereocenters. The van der Waals surface area contributed by atoms with Gasteiger partial charge in [-0.3, -0.25) is 4.79 Å². The summed E-state index contributed by atoms with van der Waals surface area (Å²) in [6.07, 6.45) is 0.421. The molecule has 1 aliphatic rings. The van der Waals surface area contributed by atoms with Gasteiger partial charge in [-0.15, -0.1) is 0 Å². The fourth-order valence-corrected chi connectivity index (χ4v) is 5.11. The molecule has 1 fully saturated rings. The zero-order valence-corrected chi connectivity index (χ0v) is 17.1. The lowest BCUT2D eigenvalue weighted by molar-refractivity contribution is -0.136. The number of ether oxygens (including phenoxy) is 2. The SMILES string of the molecule is COc1cccc(CN(C(=O)COc2ccccc2Cl)C2CCS(=O)(=O)C2)c1. The van der Waals surface area contributed by atoms with Crippen LogP contribution in [0.15, 0.2) is 48.5 Å². The van der Waals surface area contributed by atoms with Gasteiger partial charge in [0.25, 0.3) is 5.91 Å². The minimum absolute atomic E-state index is 0.0329. The lowest BCUT2D eigenvalue weighted by atomic mass is 10.1. The highest BCUT2D eigenvalue weighted by Crippen LogP contribution is 2.25. The first-order valence-corrected chi connectivity index (χ1v) is 11.1. The molecular formula is C20H22ClNO5S. The van der Waals surface area contributed by atoms with E-state index < -0.39 is 9.84 Å². The quantitative estimate of drug-likeness (QED) is 0.684. The van der Waals surface area contributed by atoms with Crippen LogP contribution in [0.4, 0.5) is 0 Å². The Morgan fingerprint density at radius 2 is 2.00 bits per heavy atom. The molecule has 6 nitrogen and oxygen atoms in total. The Morgan fingerprint density at radius 1 is 1.21 bits per heavy atom. The number of hydrogen-bond donors (Lipinski definition) is 0. The highest BCUT2D eigenvalue weighted by molar-refractivity contribution is 7.91. The lowest BCUT2D eigenvalue weighted by Crippen LogP contribution is -2.43. The number of para-hydroxylation sites is 1. The third-order valence-corrected chi connectivity index (χ3v) is 6.71. The van der Waals surface area contributed by atoms with Gasteiger partial charge in [-0.1, -0.05) is 35.9 Å². The summed E-state index contributed by atoms with van der Waals surface area (Å²) >= 11 is 6.07. The van der Waals surface area contributed by atoms with E-state index in [1.165, 1.54) is 0 Å². The van der Waals surface area contributed by atoms with Gasteiger partial charge in [-0.2, -0.15) is 0 Å². The molecular weight excluding hydrogens is 402 g/mol. The Morgan fingerprint density at radius 3 is 2.68 bits per heavy atom. The number of sulfone groups is 1. The van der Waals surface area contributed by atoms with Crippen LogP contribution in [0.5, 0.6) is 11.5 Å². The third-order valence-electron chi connectivity index (χ3n) is 4.64. The van der Waals surface area contributed by atoms with Crippen molar-refractivity contribution in [2.45, 2.75) is 19.0 Å². The van der Waals surface area contributed by atoms with Crippen LogP contribution in [0.3, 0.4) is 0 Å². The third kappa shape index (κ3) is 5.17. The van der Waals surface area contributed by atoms with Gasteiger partial charge in [0, 0.05) is 12.6 Å². The molecule has 0 N–H and O–H groups in total. The standard InChI is InChI=1S/C20H22ClNO5S/c1-26-17-6-4-5-15(11-17)12-22(16-9-10-28(24,25)14-16)20(23)13-27-19-8-3-2-7-18(19)21/h2-8,11,16H,9-10,12-14H2,1H3. The van der Waals surface area contributed by atoms with Crippen LogP contribution in [0.1, 0.15) is 12.0 Å². The van der Waals surface area contributed by atoms with Crippen LogP contribution in [-0.2, 0) is 21.2 Å². The van der Waals surface area contributed by atoms with Crippen LogP contribution in [0.25, 0.3) is 0 Å². The molecule has 2 aromatic carbocycles. The Labute approximate surface area is 169 Å². The number of carbonyl (C=O) groups is 1. The average molecular weight is 424 g/mol. The first-order valence-electron chi connectivity index (χ1n) is 8.88. The van der Waals surface area contributed by atoms with Crippen molar-refractivity contribution < 1.29 is 22.7 Å². The molecule has 0 saturated carbocycles. The van der Waals surface area contributed by atoms with Crippen LogP contribution in [-0.4, -0.2) is 50.5 Å². The maximum Gasteiger partial charge on any atom is 0.261 e. The van der Waals surface area contributed by atoms with Gasteiger partial charge in [0.2, 0.25) is 0 Å². The highest BCUT2D eigenvalue weighted by atomic mass is 35.5. The molecule has 1 saturated heterocycles. The van der Waals surface area contributed by atoms with Gasteiger partial charge in [0.1, 0.15) is 11.5 Å². The summed E-state index contributed by atoms with van der Waals surface area (Å²) in [5.74, 6) is 0.860. The molecule has 1 aliphatic heterocycles. The van der Waals surface area contributed by atoms with Gasteiger partial charge >= 0.3 is 0 Å².